The number of thiazole rings is 1. The van der Waals surface area contributed by atoms with Crippen LogP contribution in [-0.2, 0) is 16.0 Å². The molecule has 0 amide bonds. The van der Waals surface area contributed by atoms with Crippen LogP contribution in [0.3, 0.4) is 0 Å². The van der Waals surface area contributed by atoms with Crippen LogP contribution in [0.2, 0.25) is 0 Å². The molecule has 1 heterocycles. The van der Waals surface area contributed by atoms with Gasteiger partial charge in [-0.25, -0.2) is 4.98 Å². The minimum atomic E-state index is -0.856. The molecule has 0 aliphatic heterocycles. The van der Waals surface area contributed by atoms with E-state index in [1.165, 1.54) is 11.3 Å². The molecule has 0 bridgehead atoms. The lowest BCUT2D eigenvalue weighted by Crippen LogP contribution is -2.02. The Balaban J connectivity index is 2.62. The van der Waals surface area contributed by atoms with Crippen LogP contribution in [0, 0.1) is 0 Å². The van der Waals surface area contributed by atoms with E-state index in [1.807, 2.05) is 13.8 Å². The highest BCUT2D eigenvalue weighted by atomic mass is 32.1. The zero-order chi connectivity index (χ0) is 10.6. The van der Waals surface area contributed by atoms with E-state index in [-0.39, 0.29) is 12.5 Å². The molecule has 1 N–H and O–H groups in total. The van der Waals surface area contributed by atoms with Gasteiger partial charge in [-0.2, -0.15) is 0 Å². The molecule has 1 atom stereocenters. The summed E-state index contributed by atoms with van der Waals surface area (Å²) in [6.07, 6.45) is -0.0671. The molecule has 0 aliphatic carbocycles. The quantitative estimate of drug-likeness (QED) is 0.814. The van der Waals surface area contributed by atoms with Gasteiger partial charge in [0.1, 0.15) is 11.1 Å². The molecule has 0 spiro atoms. The summed E-state index contributed by atoms with van der Waals surface area (Å²) in [4.78, 5) is 14.6. The van der Waals surface area contributed by atoms with Gasteiger partial charge in [-0.1, -0.05) is 0 Å². The Bertz CT molecular complexity index is 311. The average molecular weight is 215 g/mol. The molecule has 14 heavy (non-hydrogen) atoms. The third-order valence-electron chi connectivity index (χ3n) is 1.67. The number of ether oxygens (including phenoxy) is 1. The van der Waals surface area contributed by atoms with Crippen molar-refractivity contribution < 1.29 is 14.6 Å². The number of carbonyl (C=O) groups is 1. The predicted molar refractivity (Wildman–Crippen MR) is 53.5 cm³/mol. The highest BCUT2D eigenvalue weighted by molar-refractivity contribution is 7.09. The number of hydrogen-bond donors (Lipinski definition) is 1. The van der Waals surface area contributed by atoms with Gasteiger partial charge in [-0.3, -0.25) is 4.79 Å². The number of carboxylic acids is 1. The molecular formula is C9H13NO3S. The lowest BCUT2D eigenvalue weighted by atomic mass is 10.3. The standard InChI is InChI=1S/C9H13NO3S/c1-3-13-6(2)9-10-7(5-14-9)4-8(11)12/h5-6H,3-4H2,1-2H3,(H,11,12)/t6-/m0/s1. The van der Waals surface area contributed by atoms with E-state index in [0.717, 1.165) is 5.01 Å². The number of aromatic nitrogens is 1. The normalized spacial score (nSPS) is 12.7. The Morgan fingerprint density at radius 3 is 3.07 bits per heavy atom. The van der Waals surface area contributed by atoms with Crippen LogP contribution in [-0.4, -0.2) is 22.7 Å². The summed E-state index contributed by atoms with van der Waals surface area (Å²) in [7, 11) is 0. The van der Waals surface area contributed by atoms with E-state index in [1.54, 1.807) is 5.38 Å². The predicted octanol–water partition coefficient (Wildman–Crippen LogP) is 1.87. The number of rotatable bonds is 5. The minimum Gasteiger partial charge on any atom is -0.481 e. The zero-order valence-corrected chi connectivity index (χ0v) is 9.00. The van der Waals surface area contributed by atoms with E-state index >= 15 is 0 Å². The van der Waals surface area contributed by atoms with Gasteiger partial charge in [0.05, 0.1) is 12.1 Å². The second kappa shape index (κ2) is 5.07. The van der Waals surface area contributed by atoms with Crippen LogP contribution in [0.25, 0.3) is 0 Å². The Morgan fingerprint density at radius 1 is 1.79 bits per heavy atom. The maximum absolute atomic E-state index is 10.4. The van der Waals surface area contributed by atoms with Crippen molar-refractivity contribution >= 4 is 17.3 Å². The monoisotopic (exact) mass is 215 g/mol. The minimum absolute atomic E-state index is 0.0185. The fourth-order valence-electron chi connectivity index (χ4n) is 1.07. The maximum Gasteiger partial charge on any atom is 0.309 e. The molecule has 1 rings (SSSR count). The van der Waals surface area contributed by atoms with Crippen molar-refractivity contribution in [2.24, 2.45) is 0 Å². The average Bonchev–Trinajstić information content (AvgIpc) is 2.52. The first-order chi connectivity index (χ1) is 6.63. The molecule has 0 fully saturated rings. The molecular weight excluding hydrogens is 202 g/mol. The Morgan fingerprint density at radius 2 is 2.50 bits per heavy atom. The van der Waals surface area contributed by atoms with Crippen LogP contribution in [0.4, 0.5) is 0 Å². The van der Waals surface area contributed by atoms with Gasteiger partial charge in [0.2, 0.25) is 0 Å². The second-order valence-electron chi connectivity index (χ2n) is 2.85. The summed E-state index contributed by atoms with van der Waals surface area (Å²) in [5, 5.41) is 11.2. The van der Waals surface area contributed by atoms with E-state index in [4.69, 9.17) is 9.84 Å². The molecule has 0 aromatic carbocycles. The van der Waals surface area contributed by atoms with Crippen molar-refractivity contribution in [3.8, 4) is 0 Å². The lowest BCUT2D eigenvalue weighted by molar-refractivity contribution is -0.136. The van der Waals surface area contributed by atoms with Gasteiger partial charge in [-0.05, 0) is 13.8 Å². The summed E-state index contributed by atoms with van der Waals surface area (Å²) in [5.41, 5.74) is 0.601. The Hall–Kier alpha value is -0.940. The van der Waals surface area contributed by atoms with Crippen molar-refractivity contribution in [3.63, 3.8) is 0 Å². The van der Waals surface area contributed by atoms with Gasteiger partial charge in [-0.15, -0.1) is 11.3 Å². The summed E-state index contributed by atoms with van der Waals surface area (Å²) in [6.45, 7) is 4.46. The summed E-state index contributed by atoms with van der Waals surface area (Å²) in [5.74, 6) is -0.856. The lowest BCUT2D eigenvalue weighted by Gasteiger charge is -2.06. The highest BCUT2D eigenvalue weighted by Gasteiger charge is 2.11. The topological polar surface area (TPSA) is 59.4 Å². The van der Waals surface area contributed by atoms with E-state index < -0.39 is 5.97 Å². The molecule has 0 saturated heterocycles. The molecule has 4 nitrogen and oxygen atoms in total. The molecule has 0 saturated carbocycles. The fraction of sp³-hybridized carbons (Fsp3) is 0.556. The molecule has 1 aromatic rings. The van der Waals surface area contributed by atoms with Crippen molar-refractivity contribution in [2.45, 2.75) is 26.4 Å². The number of nitrogens with zero attached hydrogens (tertiary/aromatic N) is 1. The molecule has 0 aliphatic rings. The SMILES string of the molecule is CCO[C@@H](C)c1nc(CC(=O)O)cs1. The van der Waals surface area contributed by atoms with E-state index in [9.17, 15) is 4.79 Å². The molecule has 5 heteroatoms. The summed E-state index contributed by atoms with van der Waals surface area (Å²) in [6, 6.07) is 0. The van der Waals surface area contributed by atoms with Gasteiger partial charge < -0.3 is 9.84 Å². The summed E-state index contributed by atoms with van der Waals surface area (Å²) < 4.78 is 5.35. The Kier molecular flexibility index (Phi) is 4.03. The first-order valence-electron chi connectivity index (χ1n) is 4.41. The number of hydrogen-bond acceptors (Lipinski definition) is 4. The van der Waals surface area contributed by atoms with Crippen LogP contribution in [0.1, 0.15) is 30.7 Å². The van der Waals surface area contributed by atoms with Crippen molar-refractivity contribution in [3.05, 3.63) is 16.1 Å². The van der Waals surface area contributed by atoms with Gasteiger partial charge in [0.15, 0.2) is 0 Å². The second-order valence-corrected chi connectivity index (χ2v) is 3.73. The fourth-order valence-corrected chi connectivity index (χ4v) is 1.89. The van der Waals surface area contributed by atoms with Crippen LogP contribution in [0.5, 0.6) is 0 Å². The van der Waals surface area contributed by atoms with Gasteiger partial charge in [0, 0.05) is 12.0 Å². The van der Waals surface area contributed by atoms with Crippen LogP contribution < -0.4 is 0 Å². The van der Waals surface area contributed by atoms with E-state index in [2.05, 4.69) is 4.98 Å². The van der Waals surface area contributed by atoms with Crippen molar-refractivity contribution in [1.82, 2.24) is 4.98 Å². The highest BCUT2D eigenvalue weighted by Crippen LogP contribution is 2.21. The van der Waals surface area contributed by atoms with Crippen LogP contribution in [0.15, 0.2) is 5.38 Å². The zero-order valence-electron chi connectivity index (χ0n) is 8.19. The smallest absolute Gasteiger partial charge is 0.309 e. The number of carboxylic acid groups (broad SMARTS) is 1. The van der Waals surface area contributed by atoms with Crippen LogP contribution >= 0.6 is 11.3 Å². The Labute approximate surface area is 86.6 Å². The van der Waals surface area contributed by atoms with Gasteiger partial charge >= 0.3 is 5.97 Å². The van der Waals surface area contributed by atoms with Crippen molar-refractivity contribution in [2.75, 3.05) is 6.61 Å². The molecule has 78 valence electrons. The van der Waals surface area contributed by atoms with Gasteiger partial charge in [0.25, 0.3) is 0 Å². The largest absolute Gasteiger partial charge is 0.481 e. The molecule has 0 radical (unpaired) electrons. The summed E-state index contributed by atoms with van der Waals surface area (Å²) >= 11 is 1.44. The maximum atomic E-state index is 10.4. The first kappa shape index (κ1) is 11.1. The third-order valence-corrected chi connectivity index (χ3v) is 2.72. The number of aliphatic carboxylic acids is 1. The molecule has 0 unspecified atom stereocenters. The van der Waals surface area contributed by atoms with Crippen molar-refractivity contribution in [1.29, 1.82) is 0 Å². The molecule has 1 aromatic heterocycles. The first-order valence-corrected chi connectivity index (χ1v) is 5.29. The van der Waals surface area contributed by atoms with E-state index in [0.29, 0.717) is 12.3 Å². The third kappa shape index (κ3) is 3.08.